The van der Waals surface area contributed by atoms with Crippen LogP contribution >= 0.6 is 0 Å². The number of carbonyl (C=O) groups is 1. The van der Waals surface area contributed by atoms with Crippen LogP contribution in [-0.4, -0.2) is 26.1 Å². The van der Waals surface area contributed by atoms with Crippen molar-refractivity contribution in [3.05, 3.63) is 71.0 Å². The fourth-order valence-corrected chi connectivity index (χ4v) is 3.97. The van der Waals surface area contributed by atoms with Crippen molar-refractivity contribution in [1.82, 2.24) is 4.57 Å². The monoisotopic (exact) mass is 424 g/mol. The normalized spacial score (nSPS) is 11.0. The molecule has 2 aromatic carbocycles. The van der Waals surface area contributed by atoms with Gasteiger partial charge in [0.05, 0.1) is 23.3 Å². The van der Waals surface area contributed by atoms with E-state index >= 15 is 0 Å². The SMILES string of the molecule is COC(=O)c1c(N)c(C#N)cn1-c1ccc(S(=O)(=O)Nc2ccc(C)c(C)c2)cc1. The van der Waals surface area contributed by atoms with E-state index in [1.54, 1.807) is 12.1 Å². The molecule has 0 saturated carbocycles. The summed E-state index contributed by atoms with van der Waals surface area (Å²) in [6.45, 7) is 3.85. The fourth-order valence-electron chi connectivity index (χ4n) is 2.92. The van der Waals surface area contributed by atoms with Gasteiger partial charge in [0.2, 0.25) is 0 Å². The Morgan fingerprint density at radius 2 is 1.80 bits per heavy atom. The molecular weight excluding hydrogens is 404 g/mol. The Hall–Kier alpha value is -3.77. The molecule has 0 radical (unpaired) electrons. The highest BCUT2D eigenvalue weighted by molar-refractivity contribution is 7.92. The van der Waals surface area contributed by atoms with E-state index in [2.05, 4.69) is 4.72 Å². The van der Waals surface area contributed by atoms with Gasteiger partial charge >= 0.3 is 5.97 Å². The number of hydrogen-bond donors (Lipinski definition) is 2. The summed E-state index contributed by atoms with van der Waals surface area (Å²) in [4.78, 5) is 12.1. The maximum atomic E-state index is 12.7. The van der Waals surface area contributed by atoms with E-state index in [1.165, 1.54) is 42.1 Å². The average Bonchev–Trinajstić information content (AvgIpc) is 3.06. The lowest BCUT2D eigenvalue weighted by Crippen LogP contribution is -2.14. The van der Waals surface area contributed by atoms with Crippen molar-refractivity contribution < 1.29 is 17.9 Å². The molecule has 1 heterocycles. The molecule has 1 aromatic heterocycles. The topological polar surface area (TPSA) is 127 Å². The summed E-state index contributed by atoms with van der Waals surface area (Å²) >= 11 is 0. The second-order valence-electron chi connectivity index (χ2n) is 6.68. The molecule has 0 spiro atoms. The number of carbonyl (C=O) groups excluding carboxylic acids is 1. The minimum atomic E-state index is -3.81. The van der Waals surface area contributed by atoms with Crippen LogP contribution in [0.3, 0.4) is 0 Å². The summed E-state index contributed by atoms with van der Waals surface area (Å²) in [6.07, 6.45) is 1.40. The van der Waals surface area contributed by atoms with Crippen LogP contribution in [0, 0.1) is 25.2 Å². The first-order chi connectivity index (χ1) is 14.2. The Bertz CT molecular complexity index is 1270. The number of anilines is 2. The molecule has 30 heavy (non-hydrogen) atoms. The lowest BCUT2D eigenvalue weighted by atomic mass is 10.1. The maximum Gasteiger partial charge on any atom is 0.357 e. The highest BCUT2D eigenvalue weighted by atomic mass is 32.2. The number of benzene rings is 2. The molecule has 0 aliphatic rings. The van der Waals surface area contributed by atoms with Crippen LogP contribution in [0.5, 0.6) is 0 Å². The van der Waals surface area contributed by atoms with E-state index in [-0.39, 0.29) is 21.8 Å². The second kappa shape index (κ2) is 7.93. The van der Waals surface area contributed by atoms with Gasteiger partial charge in [0.1, 0.15) is 6.07 Å². The van der Waals surface area contributed by atoms with E-state index < -0.39 is 16.0 Å². The summed E-state index contributed by atoms with van der Waals surface area (Å²) in [7, 11) is -2.60. The van der Waals surface area contributed by atoms with Crippen molar-refractivity contribution in [2.24, 2.45) is 0 Å². The molecule has 3 aromatic rings. The van der Waals surface area contributed by atoms with Crippen LogP contribution in [0.25, 0.3) is 5.69 Å². The predicted octanol–water partition coefficient (Wildman–Crippen LogP) is 3.14. The number of nitrogen functional groups attached to an aromatic ring is 1. The third-order valence-corrected chi connectivity index (χ3v) is 6.13. The van der Waals surface area contributed by atoms with Gasteiger partial charge in [-0.15, -0.1) is 0 Å². The largest absolute Gasteiger partial charge is 0.464 e. The number of methoxy groups -OCH3 is 1. The standard InChI is InChI=1S/C21H20N4O4S/c1-13-4-5-16(10-14(13)2)24-30(27,28)18-8-6-17(7-9-18)25-12-15(11-22)19(23)20(25)21(26)29-3/h4-10,12,24H,23H2,1-3H3. The highest BCUT2D eigenvalue weighted by Gasteiger charge is 2.22. The number of nitrogens with zero attached hydrogens (tertiary/aromatic N) is 2. The highest BCUT2D eigenvalue weighted by Crippen LogP contribution is 2.26. The summed E-state index contributed by atoms with van der Waals surface area (Å²) < 4.78 is 34.1. The molecule has 3 N–H and O–H groups in total. The van der Waals surface area contributed by atoms with E-state index in [0.717, 1.165) is 11.1 Å². The summed E-state index contributed by atoms with van der Waals surface area (Å²) in [5.74, 6) is -0.706. The van der Waals surface area contributed by atoms with Crippen LogP contribution in [-0.2, 0) is 14.8 Å². The third kappa shape index (κ3) is 3.86. The van der Waals surface area contributed by atoms with Crippen molar-refractivity contribution in [3.63, 3.8) is 0 Å². The molecule has 9 heteroatoms. The zero-order chi connectivity index (χ0) is 22.1. The molecule has 3 rings (SSSR count). The van der Waals surface area contributed by atoms with Gasteiger partial charge < -0.3 is 15.0 Å². The van der Waals surface area contributed by atoms with Gasteiger partial charge in [-0.25, -0.2) is 13.2 Å². The van der Waals surface area contributed by atoms with Gasteiger partial charge in [-0.2, -0.15) is 5.26 Å². The number of ether oxygens (including phenoxy) is 1. The molecule has 8 nitrogen and oxygen atoms in total. The Morgan fingerprint density at radius 3 is 2.37 bits per heavy atom. The minimum absolute atomic E-state index is 0.00193. The second-order valence-corrected chi connectivity index (χ2v) is 8.36. The lowest BCUT2D eigenvalue weighted by molar-refractivity contribution is 0.0593. The number of nitriles is 1. The number of nitrogens with two attached hydrogens (primary N) is 1. The minimum Gasteiger partial charge on any atom is -0.464 e. The molecule has 0 fully saturated rings. The van der Waals surface area contributed by atoms with Crippen molar-refractivity contribution in [3.8, 4) is 11.8 Å². The van der Waals surface area contributed by atoms with Crippen LogP contribution in [0.1, 0.15) is 27.2 Å². The third-order valence-electron chi connectivity index (χ3n) is 4.73. The molecule has 0 bridgehead atoms. The molecule has 0 atom stereocenters. The van der Waals surface area contributed by atoms with Gasteiger partial charge in [0.15, 0.2) is 5.69 Å². The van der Waals surface area contributed by atoms with E-state index in [4.69, 9.17) is 10.5 Å². The van der Waals surface area contributed by atoms with Crippen LogP contribution < -0.4 is 10.5 Å². The van der Waals surface area contributed by atoms with Gasteiger partial charge in [-0.3, -0.25) is 4.72 Å². The number of aromatic nitrogens is 1. The molecule has 0 amide bonds. The zero-order valence-electron chi connectivity index (χ0n) is 16.6. The number of aryl methyl sites for hydroxylation is 2. The molecule has 0 aliphatic heterocycles. The quantitative estimate of drug-likeness (QED) is 0.606. The first kappa shape index (κ1) is 21.0. The summed E-state index contributed by atoms with van der Waals surface area (Å²) in [6, 6.07) is 13.1. The van der Waals surface area contributed by atoms with Crippen LogP contribution in [0.15, 0.2) is 53.6 Å². The Kier molecular flexibility index (Phi) is 5.54. The first-order valence-electron chi connectivity index (χ1n) is 8.87. The molecule has 154 valence electrons. The molecule has 0 aliphatic carbocycles. The number of sulfonamides is 1. The maximum absolute atomic E-state index is 12.7. The number of rotatable bonds is 5. The van der Waals surface area contributed by atoms with Gasteiger partial charge in [-0.05, 0) is 61.4 Å². The zero-order valence-corrected chi connectivity index (χ0v) is 17.4. The fraction of sp³-hybridized carbons (Fsp3) is 0.143. The van der Waals surface area contributed by atoms with E-state index in [9.17, 15) is 18.5 Å². The number of esters is 1. The predicted molar refractivity (Wildman–Crippen MR) is 113 cm³/mol. The molecule has 0 unspecified atom stereocenters. The molecule has 0 saturated heterocycles. The van der Waals surface area contributed by atoms with Crippen LogP contribution in [0.2, 0.25) is 0 Å². The Balaban J connectivity index is 1.96. The van der Waals surface area contributed by atoms with Crippen molar-refractivity contribution in [2.45, 2.75) is 18.7 Å². The Labute approximate surface area is 174 Å². The van der Waals surface area contributed by atoms with Crippen molar-refractivity contribution in [2.75, 3.05) is 17.6 Å². The average molecular weight is 424 g/mol. The smallest absolute Gasteiger partial charge is 0.357 e. The first-order valence-corrected chi connectivity index (χ1v) is 10.4. The van der Waals surface area contributed by atoms with Crippen LogP contribution in [0.4, 0.5) is 11.4 Å². The van der Waals surface area contributed by atoms with Crippen molar-refractivity contribution >= 4 is 27.4 Å². The number of nitrogens with one attached hydrogen (secondary N) is 1. The number of hydrogen-bond acceptors (Lipinski definition) is 6. The van der Waals surface area contributed by atoms with Gasteiger partial charge in [0, 0.05) is 17.6 Å². The van der Waals surface area contributed by atoms with E-state index in [0.29, 0.717) is 11.4 Å². The Morgan fingerprint density at radius 1 is 1.13 bits per heavy atom. The van der Waals surface area contributed by atoms with Gasteiger partial charge in [-0.1, -0.05) is 6.07 Å². The van der Waals surface area contributed by atoms with Gasteiger partial charge in [0.25, 0.3) is 10.0 Å². The molecular formula is C21H20N4O4S. The van der Waals surface area contributed by atoms with Crippen molar-refractivity contribution in [1.29, 1.82) is 5.26 Å². The summed E-state index contributed by atoms with van der Waals surface area (Å²) in [5.41, 5.74) is 8.95. The van der Waals surface area contributed by atoms with E-state index in [1.807, 2.05) is 26.0 Å². The summed E-state index contributed by atoms with van der Waals surface area (Å²) in [5, 5.41) is 9.20. The lowest BCUT2D eigenvalue weighted by Gasteiger charge is -2.12.